The third-order valence-electron chi connectivity index (χ3n) is 3.25. The number of hydrogen-bond donors (Lipinski definition) is 2. The molecule has 0 bridgehead atoms. The lowest BCUT2D eigenvalue weighted by Crippen LogP contribution is -2.30. The van der Waals surface area contributed by atoms with Gasteiger partial charge in [-0.15, -0.1) is 0 Å². The van der Waals surface area contributed by atoms with Crippen LogP contribution in [0.15, 0.2) is 16.7 Å². The number of rotatable bonds is 5. The Morgan fingerprint density at radius 2 is 2.41 bits per heavy atom. The molecule has 0 fully saturated rings. The van der Waals surface area contributed by atoms with Crippen LogP contribution >= 0.6 is 0 Å². The minimum atomic E-state index is 0.123. The van der Waals surface area contributed by atoms with Gasteiger partial charge in [0, 0.05) is 18.4 Å². The molecule has 1 atom stereocenters. The molecule has 3 N–H and O–H groups in total. The molecular formula is C13H20N2O2. The van der Waals surface area contributed by atoms with Crippen LogP contribution in [0, 0.1) is 0 Å². The number of carbonyl (C=O) groups excluding carboxylic acids is 1. The molecule has 4 nitrogen and oxygen atoms in total. The van der Waals surface area contributed by atoms with Crippen molar-refractivity contribution in [2.75, 3.05) is 6.54 Å². The van der Waals surface area contributed by atoms with Gasteiger partial charge in [-0.2, -0.15) is 0 Å². The zero-order valence-corrected chi connectivity index (χ0v) is 10.1. The summed E-state index contributed by atoms with van der Waals surface area (Å²) in [6, 6.07) is 2.11. The van der Waals surface area contributed by atoms with E-state index in [4.69, 9.17) is 10.2 Å². The largest absolute Gasteiger partial charge is 0.469 e. The molecule has 1 aliphatic rings. The second-order valence-electron chi connectivity index (χ2n) is 4.56. The number of carbonyl (C=O) groups is 1. The van der Waals surface area contributed by atoms with E-state index < -0.39 is 0 Å². The van der Waals surface area contributed by atoms with Crippen molar-refractivity contribution in [1.29, 1.82) is 0 Å². The molecular weight excluding hydrogens is 216 g/mol. The summed E-state index contributed by atoms with van der Waals surface area (Å²) in [5, 5.41) is 3.08. The lowest BCUT2D eigenvalue weighted by atomic mass is 9.93. The molecule has 1 unspecified atom stereocenters. The first-order chi connectivity index (χ1) is 8.31. The van der Waals surface area contributed by atoms with Crippen LogP contribution in [-0.2, 0) is 11.2 Å². The van der Waals surface area contributed by atoms with Gasteiger partial charge >= 0.3 is 0 Å². The highest BCUT2D eigenvalue weighted by molar-refractivity contribution is 5.76. The molecule has 1 heterocycles. The van der Waals surface area contributed by atoms with Crippen molar-refractivity contribution < 1.29 is 9.21 Å². The fourth-order valence-electron chi connectivity index (χ4n) is 2.33. The van der Waals surface area contributed by atoms with Crippen LogP contribution in [-0.4, -0.2) is 12.5 Å². The third-order valence-corrected chi connectivity index (χ3v) is 3.25. The number of fused-ring (bicyclic) bond motifs is 1. The van der Waals surface area contributed by atoms with Crippen molar-refractivity contribution in [1.82, 2.24) is 5.32 Å². The highest BCUT2D eigenvalue weighted by Crippen LogP contribution is 2.30. The van der Waals surface area contributed by atoms with Gasteiger partial charge in [0.05, 0.1) is 12.3 Å². The van der Waals surface area contributed by atoms with Gasteiger partial charge in [-0.3, -0.25) is 4.79 Å². The quantitative estimate of drug-likeness (QED) is 0.767. The first kappa shape index (κ1) is 12.2. The predicted molar refractivity (Wildman–Crippen MR) is 65.4 cm³/mol. The Morgan fingerprint density at radius 3 is 3.24 bits per heavy atom. The van der Waals surface area contributed by atoms with Crippen LogP contribution in [0.4, 0.5) is 0 Å². The van der Waals surface area contributed by atoms with E-state index in [-0.39, 0.29) is 11.9 Å². The van der Waals surface area contributed by atoms with E-state index in [0.29, 0.717) is 13.0 Å². The average Bonchev–Trinajstić information content (AvgIpc) is 2.78. The second kappa shape index (κ2) is 5.87. The Kier molecular flexibility index (Phi) is 4.20. The first-order valence-corrected chi connectivity index (χ1v) is 6.37. The summed E-state index contributed by atoms with van der Waals surface area (Å²) in [6.07, 6.45) is 7.14. The Hall–Kier alpha value is -1.29. The van der Waals surface area contributed by atoms with Crippen LogP contribution in [0.2, 0.25) is 0 Å². The first-order valence-electron chi connectivity index (χ1n) is 6.37. The monoisotopic (exact) mass is 236 g/mol. The molecule has 0 radical (unpaired) electrons. The summed E-state index contributed by atoms with van der Waals surface area (Å²) in [4.78, 5) is 11.7. The molecule has 0 spiro atoms. The molecule has 0 saturated heterocycles. The molecule has 2 rings (SSSR count). The molecule has 1 amide bonds. The maximum absolute atomic E-state index is 11.7. The molecule has 0 aromatic carbocycles. The zero-order chi connectivity index (χ0) is 12.1. The van der Waals surface area contributed by atoms with E-state index in [2.05, 4.69) is 5.32 Å². The van der Waals surface area contributed by atoms with Gasteiger partial charge in [0.1, 0.15) is 5.76 Å². The maximum atomic E-state index is 11.7. The Bertz CT molecular complexity index is 373. The smallest absolute Gasteiger partial charge is 0.220 e. The van der Waals surface area contributed by atoms with Crippen molar-refractivity contribution in [3.8, 4) is 0 Å². The number of furan rings is 1. The van der Waals surface area contributed by atoms with Crippen molar-refractivity contribution in [2.45, 2.75) is 44.6 Å². The topological polar surface area (TPSA) is 68.3 Å². The normalized spacial score (nSPS) is 18.8. The van der Waals surface area contributed by atoms with Gasteiger partial charge in [-0.05, 0) is 38.3 Å². The summed E-state index contributed by atoms with van der Waals surface area (Å²) in [5.41, 5.74) is 6.56. The van der Waals surface area contributed by atoms with Gasteiger partial charge in [0.25, 0.3) is 0 Å². The van der Waals surface area contributed by atoms with E-state index >= 15 is 0 Å². The van der Waals surface area contributed by atoms with E-state index in [1.54, 1.807) is 6.26 Å². The molecule has 0 saturated carbocycles. The summed E-state index contributed by atoms with van der Waals surface area (Å²) in [7, 11) is 0. The molecule has 0 aliphatic heterocycles. The predicted octanol–water partition coefficient (Wildman–Crippen LogP) is 1.90. The van der Waals surface area contributed by atoms with E-state index in [1.807, 2.05) is 6.07 Å². The van der Waals surface area contributed by atoms with Crippen LogP contribution in [0.1, 0.15) is 49.5 Å². The van der Waals surface area contributed by atoms with Crippen molar-refractivity contribution in [2.24, 2.45) is 5.73 Å². The van der Waals surface area contributed by atoms with Gasteiger partial charge in [0.2, 0.25) is 5.91 Å². The van der Waals surface area contributed by atoms with E-state index in [9.17, 15) is 4.79 Å². The molecule has 1 aliphatic carbocycles. The minimum Gasteiger partial charge on any atom is -0.469 e. The molecule has 94 valence electrons. The molecule has 1 aromatic rings. The van der Waals surface area contributed by atoms with Crippen LogP contribution in [0.3, 0.4) is 0 Å². The fourth-order valence-corrected chi connectivity index (χ4v) is 2.33. The number of nitrogens with two attached hydrogens (primary N) is 1. The molecule has 17 heavy (non-hydrogen) atoms. The van der Waals surface area contributed by atoms with Gasteiger partial charge in [-0.1, -0.05) is 0 Å². The van der Waals surface area contributed by atoms with Crippen molar-refractivity contribution in [3.63, 3.8) is 0 Å². The number of amides is 1. The molecule has 1 aromatic heterocycles. The lowest BCUT2D eigenvalue weighted by Gasteiger charge is -2.22. The number of unbranched alkanes of at least 4 members (excludes halogenated alkanes) is 1. The summed E-state index contributed by atoms with van der Waals surface area (Å²) >= 11 is 0. The number of nitrogens with one attached hydrogen (secondary N) is 1. The average molecular weight is 236 g/mol. The number of hydrogen-bond acceptors (Lipinski definition) is 3. The van der Waals surface area contributed by atoms with Gasteiger partial charge < -0.3 is 15.5 Å². The fraction of sp³-hybridized carbons (Fsp3) is 0.615. The van der Waals surface area contributed by atoms with Crippen LogP contribution in [0.5, 0.6) is 0 Å². The standard InChI is InChI=1S/C13H20N2O2/c14-8-2-1-6-13(16)15-11-4-3-5-12-10(11)7-9-17-12/h7,9,11H,1-6,8,14H2,(H,15,16). The highest BCUT2D eigenvalue weighted by Gasteiger charge is 2.23. The second-order valence-corrected chi connectivity index (χ2v) is 4.56. The molecule has 4 heteroatoms. The highest BCUT2D eigenvalue weighted by atomic mass is 16.3. The van der Waals surface area contributed by atoms with Gasteiger partial charge in [-0.25, -0.2) is 0 Å². The SMILES string of the molecule is NCCCCC(=O)NC1CCCc2occc21. The van der Waals surface area contributed by atoms with Gasteiger partial charge in [0.15, 0.2) is 0 Å². The van der Waals surface area contributed by atoms with E-state index in [0.717, 1.165) is 43.4 Å². The lowest BCUT2D eigenvalue weighted by molar-refractivity contribution is -0.122. The summed E-state index contributed by atoms with van der Waals surface area (Å²) < 4.78 is 5.40. The summed E-state index contributed by atoms with van der Waals surface area (Å²) in [6.45, 7) is 0.655. The Morgan fingerprint density at radius 1 is 1.53 bits per heavy atom. The Labute approximate surface area is 102 Å². The van der Waals surface area contributed by atoms with Crippen molar-refractivity contribution >= 4 is 5.91 Å². The zero-order valence-electron chi connectivity index (χ0n) is 10.1. The van der Waals surface area contributed by atoms with E-state index in [1.165, 1.54) is 0 Å². The van der Waals surface area contributed by atoms with Crippen molar-refractivity contribution in [3.05, 3.63) is 23.7 Å². The third kappa shape index (κ3) is 3.09. The maximum Gasteiger partial charge on any atom is 0.220 e. The Balaban J connectivity index is 1.86. The number of aryl methyl sites for hydroxylation is 1. The van der Waals surface area contributed by atoms with Crippen LogP contribution in [0.25, 0.3) is 0 Å². The summed E-state index contributed by atoms with van der Waals surface area (Å²) in [5.74, 6) is 1.15. The van der Waals surface area contributed by atoms with Crippen LogP contribution < -0.4 is 11.1 Å². The minimum absolute atomic E-state index is 0.123.